The van der Waals surface area contributed by atoms with Crippen molar-refractivity contribution in [2.45, 2.75) is 50.0 Å². The van der Waals surface area contributed by atoms with Crippen molar-refractivity contribution >= 4 is 19.7 Å². The molecule has 21 heavy (non-hydrogen) atoms. The van der Waals surface area contributed by atoms with E-state index in [-0.39, 0.29) is 16.9 Å². The first-order chi connectivity index (χ1) is 9.91. The highest BCUT2D eigenvalue weighted by Crippen LogP contribution is 2.32. The summed E-state index contributed by atoms with van der Waals surface area (Å²) in [6, 6.07) is 4.78. The number of halogens is 1. The Bertz CT molecular complexity index is 579. The van der Waals surface area contributed by atoms with Gasteiger partial charge in [-0.05, 0) is 48.9 Å². The van der Waals surface area contributed by atoms with Gasteiger partial charge in [-0.2, -0.15) is 0 Å². The molecule has 1 aromatic carbocycles. The maximum absolute atomic E-state index is 11.5. The van der Waals surface area contributed by atoms with E-state index in [0.717, 1.165) is 31.4 Å². The van der Waals surface area contributed by atoms with Crippen LogP contribution in [-0.2, 0) is 13.8 Å². The molecule has 0 amide bonds. The van der Waals surface area contributed by atoms with E-state index in [1.54, 1.807) is 12.1 Å². The molecule has 1 fully saturated rings. The van der Waals surface area contributed by atoms with Crippen molar-refractivity contribution in [1.82, 2.24) is 0 Å². The van der Waals surface area contributed by atoms with Crippen LogP contribution in [0.1, 0.15) is 44.6 Å². The Morgan fingerprint density at radius 3 is 2.81 bits per heavy atom. The summed E-state index contributed by atoms with van der Waals surface area (Å²) in [5.74, 6) is 0.909. The summed E-state index contributed by atoms with van der Waals surface area (Å²) in [7, 11) is 1.70. The maximum atomic E-state index is 11.5. The van der Waals surface area contributed by atoms with E-state index >= 15 is 0 Å². The molecular weight excluding hydrogens is 312 g/mol. The summed E-state index contributed by atoms with van der Waals surface area (Å²) in [4.78, 5) is 0.115. The topological polar surface area (TPSA) is 52.6 Å². The van der Waals surface area contributed by atoms with E-state index in [9.17, 15) is 8.42 Å². The quantitative estimate of drug-likeness (QED) is 0.745. The Labute approximate surface area is 130 Å². The van der Waals surface area contributed by atoms with Gasteiger partial charge in [0.15, 0.2) is 0 Å². The van der Waals surface area contributed by atoms with Gasteiger partial charge in [-0.3, -0.25) is 0 Å². The molecule has 4 nitrogen and oxygen atoms in total. The molecule has 1 aliphatic heterocycles. The van der Waals surface area contributed by atoms with Gasteiger partial charge in [-0.1, -0.05) is 13.8 Å². The second-order valence-corrected chi connectivity index (χ2v) is 7.96. The van der Waals surface area contributed by atoms with Gasteiger partial charge < -0.3 is 9.47 Å². The standard InChI is InChI=1S/C15H21ClO4S/c1-3-11(2)14-9-13(21(16,17)18)6-7-15(14)20-10-12-5-4-8-19-12/h6-7,9,11-12H,3-5,8,10H2,1-2H3. The van der Waals surface area contributed by atoms with Crippen LogP contribution in [0.5, 0.6) is 5.75 Å². The van der Waals surface area contributed by atoms with Crippen LogP contribution >= 0.6 is 10.7 Å². The van der Waals surface area contributed by atoms with Crippen molar-refractivity contribution in [1.29, 1.82) is 0 Å². The maximum Gasteiger partial charge on any atom is 0.261 e. The van der Waals surface area contributed by atoms with Crippen molar-refractivity contribution in [3.05, 3.63) is 23.8 Å². The second-order valence-electron chi connectivity index (χ2n) is 5.39. The molecule has 0 aliphatic carbocycles. The number of rotatable bonds is 6. The molecule has 2 unspecified atom stereocenters. The minimum absolute atomic E-state index is 0.115. The fourth-order valence-electron chi connectivity index (χ4n) is 2.37. The van der Waals surface area contributed by atoms with Crippen LogP contribution in [-0.4, -0.2) is 27.7 Å². The van der Waals surface area contributed by atoms with E-state index < -0.39 is 9.05 Å². The lowest BCUT2D eigenvalue weighted by molar-refractivity contribution is 0.0675. The fraction of sp³-hybridized carbons (Fsp3) is 0.600. The first-order valence-corrected chi connectivity index (χ1v) is 9.55. The minimum atomic E-state index is -3.72. The molecule has 118 valence electrons. The van der Waals surface area contributed by atoms with Crippen molar-refractivity contribution < 1.29 is 17.9 Å². The lowest BCUT2D eigenvalue weighted by Gasteiger charge is -2.18. The Kier molecular flexibility index (Phi) is 5.52. The summed E-state index contributed by atoms with van der Waals surface area (Å²) < 4.78 is 34.3. The van der Waals surface area contributed by atoms with E-state index in [1.807, 2.05) is 6.92 Å². The Balaban J connectivity index is 2.22. The van der Waals surface area contributed by atoms with Gasteiger partial charge in [0, 0.05) is 17.3 Å². The van der Waals surface area contributed by atoms with Gasteiger partial charge in [0.05, 0.1) is 11.0 Å². The molecule has 0 aromatic heterocycles. The highest BCUT2D eigenvalue weighted by atomic mass is 35.7. The molecule has 6 heteroatoms. The normalized spacial score (nSPS) is 20.4. The smallest absolute Gasteiger partial charge is 0.261 e. The molecule has 1 saturated heterocycles. The molecule has 0 bridgehead atoms. The zero-order chi connectivity index (χ0) is 15.5. The van der Waals surface area contributed by atoms with Gasteiger partial charge in [0.1, 0.15) is 12.4 Å². The van der Waals surface area contributed by atoms with Crippen LogP contribution in [0.3, 0.4) is 0 Å². The Morgan fingerprint density at radius 2 is 2.24 bits per heavy atom. The third-order valence-corrected chi connectivity index (χ3v) is 5.21. The largest absolute Gasteiger partial charge is 0.491 e. The van der Waals surface area contributed by atoms with E-state index in [2.05, 4.69) is 6.92 Å². The molecular formula is C15H21ClO4S. The monoisotopic (exact) mass is 332 g/mol. The highest BCUT2D eigenvalue weighted by Gasteiger charge is 2.20. The molecule has 0 N–H and O–H groups in total. The third kappa shape index (κ3) is 4.34. The van der Waals surface area contributed by atoms with Gasteiger partial charge in [-0.15, -0.1) is 0 Å². The Morgan fingerprint density at radius 1 is 1.48 bits per heavy atom. The molecule has 0 radical (unpaired) electrons. The van der Waals surface area contributed by atoms with Crippen LogP contribution in [0.15, 0.2) is 23.1 Å². The predicted octanol–water partition coefficient (Wildman–Crippen LogP) is 3.69. The highest BCUT2D eigenvalue weighted by molar-refractivity contribution is 8.13. The van der Waals surface area contributed by atoms with E-state index in [4.69, 9.17) is 20.2 Å². The van der Waals surface area contributed by atoms with Crippen molar-refractivity contribution in [3.63, 3.8) is 0 Å². The average Bonchev–Trinajstić information content (AvgIpc) is 2.96. The molecule has 2 atom stereocenters. The SMILES string of the molecule is CCC(C)c1cc(S(=O)(=O)Cl)ccc1OCC1CCCO1. The van der Waals surface area contributed by atoms with Gasteiger partial charge in [-0.25, -0.2) is 8.42 Å². The second kappa shape index (κ2) is 6.99. The molecule has 2 rings (SSSR count). The molecule has 1 heterocycles. The van der Waals surface area contributed by atoms with Crippen LogP contribution in [0.2, 0.25) is 0 Å². The third-order valence-electron chi connectivity index (χ3n) is 3.85. The number of ether oxygens (including phenoxy) is 2. The van der Waals surface area contributed by atoms with Gasteiger partial charge in [0.2, 0.25) is 0 Å². The van der Waals surface area contributed by atoms with Crippen molar-refractivity contribution in [3.8, 4) is 5.75 Å². The fourth-order valence-corrected chi connectivity index (χ4v) is 3.16. The summed E-state index contributed by atoms with van der Waals surface area (Å²) in [5, 5.41) is 0. The molecule has 1 aliphatic rings. The van der Waals surface area contributed by atoms with Gasteiger partial charge in [0.25, 0.3) is 9.05 Å². The van der Waals surface area contributed by atoms with Crippen LogP contribution < -0.4 is 4.74 Å². The molecule has 1 aromatic rings. The zero-order valence-corrected chi connectivity index (χ0v) is 13.9. The van der Waals surface area contributed by atoms with Crippen molar-refractivity contribution in [2.75, 3.05) is 13.2 Å². The van der Waals surface area contributed by atoms with Crippen LogP contribution in [0.4, 0.5) is 0 Å². The summed E-state index contributed by atoms with van der Waals surface area (Å²) in [5.41, 5.74) is 0.872. The molecule has 0 spiro atoms. The van der Waals surface area contributed by atoms with E-state index in [0.29, 0.717) is 12.4 Å². The number of benzene rings is 1. The number of hydrogen-bond donors (Lipinski definition) is 0. The number of hydrogen-bond acceptors (Lipinski definition) is 4. The average molecular weight is 333 g/mol. The van der Waals surface area contributed by atoms with Crippen LogP contribution in [0, 0.1) is 0 Å². The van der Waals surface area contributed by atoms with Crippen molar-refractivity contribution in [2.24, 2.45) is 0 Å². The van der Waals surface area contributed by atoms with Crippen LogP contribution in [0.25, 0.3) is 0 Å². The molecule has 0 saturated carbocycles. The van der Waals surface area contributed by atoms with Gasteiger partial charge >= 0.3 is 0 Å². The Hall–Kier alpha value is -0.780. The predicted molar refractivity (Wildman–Crippen MR) is 82.7 cm³/mol. The van der Waals surface area contributed by atoms with E-state index in [1.165, 1.54) is 6.07 Å². The summed E-state index contributed by atoms with van der Waals surface area (Å²) >= 11 is 0. The zero-order valence-electron chi connectivity index (χ0n) is 12.3. The lowest BCUT2D eigenvalue weighted by atomic mass is 9.98. The minimum Gasteiger partial charge on any atom is -0.491 e. The first-order valence-electron chi connectivity index (χ1n) is 7.24. The lowest BCUT2D eigenvalue weighted by Crippen LogP contribution is -2.17. The summed E-state index contributed by atoms with van der Waals surface area (Å²) in [6.07, 6.45) is 3.09. The first kappa shape index (κ1) is 16.6. The summed E-state index contributed by atoms with van der Waals surface area (Å²) in [6.45, 7) is 5.38.